The Balaban J connectivity index is 2.13. The quantitative estimate of drug-likeness (QED) is 0.806. The molecule has 2 fully saturated rings. The fourth-order valence-electron chi connectivity index (χ4n) is 4.06. The molecule has 3 nitrogen and oxygen atoms in total. The molecule has 2 rings (SSSR count). The van der Waals surface area contributed by atoms with Gasteiger partial charge in [0.1, 0.15) is 0 Å². The first-order valence-corrected chi connectivity index (χ1v) is 8.16. The molecule has 1 saturated carbocycles. The van der Waals surface area contributed by atoms with E-state index in [9.17, 15) is 4.79 Å². The Labute approximate surface area is 117 Å². The van der Waals surface area contributed by atoms with Crippen molar-refractivity contribution in [1.29, 1.82) is 0 Å². The zero-order valence-electron chi connectivity index (χ0n) is 12.6. The van der Waals surface area contributed by atoms with Gasteiger partial charge in [-0.05, 0) is 44.2 Å². The summed E-state index contributed by atoms with van der Waals surface area (Å²) in [6.45, 7) is 4.25. The number of carbonyl (C=O) groups is 1. The second-order valence-corrected chi connectivity index (χ2v) is 6.54. The van der Waals surface area contributed by atoms with Crippen molar-refractivity contribution in [2.75, 3.05) is 20.1 Å². The molecule has 3 heteroatoms. The molecule has 19 heavy (non-hydrogen) atoms. The highest BCUT2D eigenvalue weighted by Gasteiger charge is 2.38. The maximum atomic E-state index is 12.4. The van der Waals surface area contributed by atoms with Gasteiger partial charge in [-0.2, -0.15) is 0 Å². The van der Waals surface area contributed by atoms with Gasteiger partial charge in [0.25, 0.3) is 0 Å². The smallest absolute Gasteiger partial charge is 0.223 e. The number of rotatable bonds is 2. The van der Waals surface area contributed by atoms with Gasteiger partial charge in [-0.15, -0.1) is 0 Å². The minimum atomic E-state index is 0.273. The Kier molecular flexibility index (Phi) is 5.68. The minimum absolute atomic E-state index is 0.273. The van der Waals surface area contributed by atoms with Crippen LogP contribution in [0.25, 0.3) is 0 Å². The highest BCUT2D eigenvalue weighted by Crippen LogP contribution is 2.37. The molecule has 1 saturated heterocycles. The molecule has 0 aromatic heterocycles. The van der Waals surface area contributed by atoms with Gasteiger partial charge < -0.3 is 10.6 Å². The Morgan fingerprint density at radius 3 is 2.58 bits per heavy atom. The van der Waals surface area contributed by atoms with Crippen LogP contribution in [0.5, 0.6) is 0 Å². The maximum Gasteiger partial charge on any atom is 0.223 e. The highest BCUT2D eigenvalue weighted by atomic mass is 16.1. The van der Waals surface area contributed by atoms with E-state index >= 15 is 0 Å². The van der Waals surface area contributed by atoms with Crippen LogP contribution < -0.4 is 10.6 Å². The van der Waals surface area contributed by atoms with E-state index < -0.39 is 0 Å². The van der Waals surface area contributed by atoms with Gasteiger partial charge in [0.05, 0.1) is 0 Å². The summed E-state index contributed by atoms with van der Waals surface area (Å²) in [5, 5.41) is 6.49. The van der Waals surface area contributed by atoms with Crippen LogP contribution in [0.4, 0.5) is 0 Å². The highest BCUT2D eigenvalue weighted by molar-refractivity contribution is 5.79. The minimum Gasteiger partial charge on any atom is -0.356 e. The lowest BCUT2D eigenvalue weighted by atomic mass is 9.73. The molecule has 4 unspecified atom stereocenters. The summed E-state index contributed by atoms with van der Waals surface area (Å²) in [5.41, 5.74) is 0. The van der Waals surface area contributed by atoms with Crippen molar-refractivity contribution in [3.05, 3.63) is 0 Å². The van der Waals surface area contributed by atoms with E-state index in [1.165, 1.54) is 38.5 Å². The van der Waals surface area contributed by atoms with E-state index in [-0.39, 0.29) is 5.92 Å². The summed E-state index contributed by atoms with van der Waals surface area (Å²) < 4.78 is 0. The predicted octanol–water partition coefficient (Wildman–Crippen LogP) is 2.56. The third kappa shape index (κ3) is 3.71. The summed E-state index contributed by atoms with van der Waals surface area (Å²) in [4.78, 5) is 12.4. The van der Waals surface area contributed by atoms with Crippen molar-refractivity contribution < 1.29 is 4.79 Å². The number of amides is 1. The van der Waals surface area contributed by atoms with Crippen LogP contribution in [-0.4, -0.2) is 26.0 Å². The molecule has 4 atom stereocenters. The Morgan fingerprint density at radius 2 is 1.84 bits per heavy atom. The molecule has 1 heterocycles. The topological polar surface area (TPSA) is 41.1 Å². The van der Waals surface area contributed by atoms with Gasteiger partial charge in [-0.1, -0.05) is 39.0 Å². The van der Waals surface area contributed by atoms with Crippen molar-refractivity contribution >= 4 is 5.91 Å². The van der Waals surface area contributed by atoms with Crippen molar-refractivity contribution in [3.8, 4) is 0 Å². The summed E-state index contributed by atoms with van der Waals surface area (Å²) in [7, 11) is 2.01. The molecule has 110 valence electrons. The van der Waals surface area contributed by atoms with Crippen LogP contribution in [0.15, 0.2) is 0 Å². The maximum absolute atomic E-state index is 12.4. The molecule has 0 aromatic carbocycles. The Morgan fingerprint density at radius 1 is 1.16 bits per heavy atom. The average molecular weight is 266 g/mol. The van der Waals surface area contributed by atoms with Gasteiger partial charge in [-0.25, -0.2) is 0 Å². The number of hydrogen-bond donors (Lipinski definition) is 2. The molecule has 1 aliphatic carbocycles. The molecule has 0 radical (unpaired) electrons. The second-order valence-electron chi connectivity index (χ2n) is 6.54. The zero-order valence-corrected chi connectivity index (χ0v) is 12.6. The summed E-state index contributed by atoms with van der Waals surface area (Å²) >= 11 is 0. The molecular formula is C16H30N2O. The third-order valence-electron chi connectivity index (χ3n) is 5.33. The number of carbonyl (C=O) groups excluding carboxylic acids is 1. The third-order valence-corrected chi connectivity index (χ3v) is 5.33. The van der Waals surface area contributed by atoms with Crippen molar-refractivity contribution in [2.24, 2.45) is 23.7 Å². The molecule has 0 bridgehead atoms. The average Bonchev–Trinajstić information content (AvgIpc) is 2.51. The number of hydrogen-bond acceptors (Lipinski definition) is 2. The van der Waals surface area contributed by atoms with Crippen LogP contribution in [-0.2, 0) is 4.79 Å². The van der Waals surface area contributed by atoms with Gasteiger partial charge in [-0.3, -0.25) is 4.79 Å². The van der Waals surface area contributed by atoms with Crippen LogP contribution in [0.3, 0.4) is 0 Å². The van der Waals surface area contributed by atoms with Crippen molar-refractivity contribution in [3.63, 3.8) is 0 Å². The van der Waals surface area contributed by atoms with Crippen LogP contribution in [0.1, 0.15) is 51.9 Å². The summed E-state index contributed by atoms with van der Waals surface area (Å²) in [6, 6.07) is 0. The first kappa shape index (κ1) is 14.8. The first-order valence-electron chi connectivity index (χ1n) is 8.16. The largest absolute Gasteiger partial charge is 0.356 e. The fourth-order valence-corrected chi connectivity index (χ4v) is 4.06. The summed E-state index contributed by atoms with van der Waals surface area (Å²) in [6.07, 6.45) is 8.92. The molecule has 2 aliphatic rings. The molecule has 1 amide bonds. The van der Waals surface area contributed by atoms with Crippen LogP contribution in [0, 0.1) is 23.7 Å². The molecule has 2 N–H and O–H groups in total. The van der Waals surface area contributed by atoms with Crippen LogP contribution in [0.2, 0.25) is 0 Å². The lowest BCUT2D eigenvalue weighted by Gasteiger charge is -2.31. The van der Waals surface area contributed by atoms with E-state index in [0.717, 1.165) is 19.5 Å². The standard InChI is InChI=1S/C16H30N2O/c1-12-13(10-17-2)11-18-16(19)15-9-7-5-3-4-6-8-14(12)15/h12-15,17H,3-11H2,1-2H3,(H,18,19). The predicted molar refractivity (Wildman–Crippen MR) is 78.9 cm³/mol. The van der Waals surface area contributed by atoms with Gasteiger partial charge >= 0.3 is 0 Å². The van der Waals surface area contributed by atoms with Crippen molar-refractivity contribution in [1.82, 2.24) is 10.6 Å². The van der Waals surface area contributed by atoms with Crippen LogP contribution >= 0.6 is 0 Å². The van der Waals surface area contributed by atoms with E-state index in [0.29, 0.717) is 23.7 Å². The number of nitrogens with one attached hydrogen (secondary N) is 2. The SMILES string of the molecule is CNCC1CNC(=O)C2CCCCCCCC2C1C. The molecule has 1 aliphatic heterocycles. The van der Waals surface area contributed by atoms with Crippen molar-refractivity contribution in [2.45, 2.75) is 51.9 Å². The van der Waals surface area contributed by atoms with E-state index in [1.54, 1.807) is 0 Å². The number of fused-ring (bicyclic) bond motifs is 1. The van der Waals surface area contributed by atoms with E-state index in [4.69, 9.17) is 0 Å². The Bertz CT molecular complexity index is 292. The normalized spacial score (nSPS) is 37.3. The van der Waals surface area contributed by atoms with E-state index in [2.05, 4.69) is 17.6 Å². The fraction of sp³-hybridized carbons (Fsp3) is 0.938. The summed E-state index contributed by atoms with van der Waals surface area (Å²) in [5.74, 6) is 2.44. The van der Waals surface area contributed by atoms with Gasteiger partial charge in [0.2, 0.25) is 5.91 Å². The van der Waals surface area contributed by atoms with Gasteiger partial charge in [0.15, 0.2) is 0 Å². The first-order chi connectivity index (χ1) is 9.24. The lowest BCUT2D eigenvalue weighted by molar-refractivity contribution is -0.126. The van der Waals surface area contributed by atoms with Gasteiger partial charge in [0, 0.05) is 12.5 Å². The van der Waals surface area contributed by atoms with E-state index in [1.807, 2.05) is 7.05 Å². The molecule has 0 aromatic rings. The zero-order chi connectivity index (χ0) is 13.7. The second kappa shape index (κ2) is 7.28. The lowest BCUT2D eigenvalue weighted by Crippen LogP contribution is -2.34. The molecular weight excluding hydrogens is 236 g/mol. The molecule has 0 spiro atoms. The Hall–Kier alpha value is -0.570. The monoisotopic (exact) mass is 266 g/mol.